The number of carbonyl (C=O) groups is 1. The van der Waals surface area contributed by atoms with Crippen LogP contribution in [0.2, 0.25) is 0 Å². The van der Waals surface area contributed by atoms with Crippen molar-refractivity contribution in [1.82, 2.24) is 4.31 Å². The Morgan fingerprint density at radius 1 is 1.37 bits per heavy atom. The smallest absolute Gasteiger partial charge is 0.318 e. The molecule has 0 spiro atoms. The van der Waals surface area contributed by atoms with Gasteiger partial charge in [-0.1, -0.05) is 6.08 Å². The minimum absolute atomic E-state index is 0.0118. The fraction of sp³-hybridized carbons (Fsp3) is 0.700. The molecule has 0 unspecified atom stereocenters. The summed E-state index contributed by atoms with van der Waals surface area (Å²) < 4.78 is 47.9. The van der Waals surface area contributed by atoms with Crippen molar-refractivity contribution in [2.24, 2.45) is 0 Å². The molecule has 1 saturated heterocycles. The molecule has 0 aromatic carbocycles. The van der Waals surface area contributed by atoms with E-state index in [1.807, 2.05) is 0 Å². The monoisotopic (exact) mass is 311 g/mol. The van der Waals surface area contributed by atoms with Crippen molar-refractivity contribution in [3.8, 4) is 0 Å². The zero-order chi connectivity index (χ0) is 14.7. The van der Waals surface area contributed by atoms with Gasteiger partial charge >= 0.3 is 5.97 Å². The van der Waals surface area contributed by atoms with Crippen LogP contribution in [-0.2, 0) is 24.7 Å². The molecule has 0 atom stereocenters. The Morgan fingerprint density at radius 3 is 2.32 bits per heavy atom. The number of hydrogen-bond acceptors (Lipinski definition) is 5. The average molecular weight is 311 g/mol. The number of sulfonamides is 1. The van der Waals surface area contributed by atoms with E-state index < -0.39 is 37.6 Å². The molecular formula is C10H17NO6S2. The molecule has 19 heavy (non-hydrogen) atoms. The second-order valence-corrected chi connectivity index (χ2v) is 8.89. The molecule has 1 fully saturated rings. The summed E-state index contributed by atoms with van der Waals surface area (Å²) in [4.78, 5) is 10.7. The molecule has 0 saturated carbocycles. The van der Waals surface area contributed by atoms with Gasteiger partial charge in [-0.15, -0.1) is 6.58 Å². The molecule has 1 N–H and O–H groups in total. The van der Waals surface area contributed by atoms with Crippen molar-refractivity contribution in [3.63, 3.8) is 0 Å². The van der Waals surface area contributed by atoms with E-state index >= 15 is 0 Å². The topological polar surface area (TPSA) is 109 Å². The third-order valence-electron chi connectivity index (χ3n) is 2.93. The second-order valence-electron chi connectivity index (χ2n) is 4.37. The summed E-state index contributed by atoms with van der Waals surface area (Å²) in [7, 11) is -6.97. The molecule has 1 aliphatic rings. The van der Waals surface area contributed by atoms with E-state index in [-0.39, 0.29) is 30.9 Å². The Kier molecular flexibility index (Phi) is 5.11. The normalized spacial score (nSPS) is 20.3. The molecule has 0 aromatic heterocycles. The molecule has 1 aliphatic heterocycles. The first kappa shape index (κ1) is 16.1. The first-order valence-electron chi connectivity index (χ1n) is 5.71. The maximum Gasteiger partial charge on any atom is 0.318 e. The van der Waals surface area contributed by atoms with Crippen molar-refractivity contribution in [2.45, 2.75) is 18.1 Å². The zero-order valence-corrected chi connectivity index (χ0v) is 12.0. The standard InChI is InChI=1S/C10H17NO6S2/c1-2-5-11(8-10(12)13)19(16,17)9-3-6-18(14,15)7-4-9/h2,9H,1,3-8H2,(H,12,13). The van der Waals surface area contributed by atoms with Gasteiger partial charge in [0, 0.05) is 6.54 Å². The molecule has 0 amide bonds. The number of carboxylic acids is 1. The van der Waals surface area contributed by atoms with Gasteiger partial charge in [0.25, 0.3) is 0 Å². The Labute approximate surface area is 112 Å². The van der Waals surface area contributed by atoms with Crippen LogP contribution in [0.5, 0.6) is 0 Å². The summed E-state index contributed by atoms with van der Waals surface area (Å²) in [6.07, 6.45) is 1.33. The van der Waals surface area contributed by atoms with Crippen molar-refractivity contribution in [3.05, 3.63) is 12.7 Å². The molecule has 0 aliphatic carbocycles. The number of aliphatic carboxylic acids is 1. The molecule has 1 heterocycles. The van der Waals surface area contributed by atoms with Gasteiger partial charge in [0.15, 0.2) is 0 Å². The summed E-state index contributed by atoms with van der Waals surface area (Å²) in [5.41, 5.74) is 0. The zero-order valence-electron chi connectivity index (χ0n) is 10.4. The van der Waals surface area contributed by atoms with Crippen molar-refractivity contribution in [2.75, 3.05) is 24.6 Å². The molecule has 0 aromatic rings. The van der Waals surface area contributed by atoms with E-state index in [4.69, 9.17) is 5.11 Å². The van der Waals surface area contributed by atoms with Gasteiger partial charge in [-0.3, -0.25) is 4.79 Å². The highest BCUT2D eigenvalue weighted by Gasteiger charge is 2.36. The van der Waals surface area contributed by atoms with Gasteiger partial charge in [0.2, 0.25) is 10.0 Å². The molecule has 0 radical (unpaired) electrons. The average Bonchev–Trinajstić information content (AvgIpc) is 2.27. The van der Waals surface area contributed by atoms with E-state index in [2.05, 4.69) is 6.58 Å². The first-order chi connectivity index (χ1) is 8.69. The third-order valence-corrected chi connectivity index (χ3v) is 6.95. The fourth-order valence-corrected chi connectivity index (χ4v) is 5.58. The van der Waals surface area contributed by atoms with Crippen molar-refractivity contribution in [1.29, 1.82) is 0 Å². The minimum atomic E-state index is -3.81. The Morgan fingerprint density at radius 2 is 1.89 bits per heavy atom. The van der Waals surface area contributed by atoms with Crippen LogP contribution in [0.15, 0.2) is 12.7 Å². The largest absolute Gasteiger partial charge is 0.480 e. The Balaban J connectivity index is 2.88. The van der Waals surface area contributed by atoms with E-state index in [1.165, 1.54) is 6.08 Å². The predicted octanol–water partition coefficient (Wildman–Crippen LogP) is -0.534. The summed E-state index contributed by atoms with van der Waals surface area (Å²) >= 11 is 0. The summed E-state index contributed by atoms with van der Waals surface area (Å²) in [5.74, 6) is -1.61. The van der Waals surface area contributed by atoms with Crippen LogP contribution in [0.3, 0.4) is 0 Å². The summed E-state index contributed by atoms with van der Waals surface area (Å²) in [6.45, 7) is 2.65. The lowest BCUT2D eigenvalue weighted by Gasteiger charge is -2.27. The van der Waals surface area contributed by atoms with Gasteiger partial charge in [-0.25, -0.2) is 16.8 Å². The van der Waals surface area contributed by atoms with Crippen LogP contribution in [0.25, 0.3) is 0 Å². The highest BCUT2D eigenvalue weighted by molar-refractivity contribution is 7.92. The Hall–Kier alpha value is -0.930. The molecule has 7 nitrogen and oxygen atoms in total. The number of nitrogens with zero attached hydrogens (tertiary/aromatic N) is 1. The van der Waals surface area contributed by atoms with Gasteiger partial charge in [0.1, 0.15) is 16.4 Å². The van der Waals surface area contributed by atoms with E-state index in [9.17, 15) is 21.6 Å². The number of rotatable bonds is 6. The Bertz CT molecular complexity index is 537. The van der Waals surface area contributed by atoms with Crippen LogP contribution in [0.4, 0.5) is 0 Å². The van der Waals surface area contributed by atoms with Crippen LogP contribution in [-0.4, -0.2) is 62.1 Å². The highest BCUT2D eigenvalue weighted by atomic mass is 32.2. The second kappa shape index (κ2) is 6.02. The minimum Gasteiger partial charge on any atom is -0.480 e. The number of sulfone groups is 1. The lowest BCUT2D eigenvalue weighted by atomic mass is 10.2. The number of hydrogen-bond donors (Lipinski definition) is 1. The maximum atomic E-state index is 12.2. The lowest BCUT2D eigenvalue weighted by Crippen LogP contribution is -2.44. The molecule has 110 valence electrons. The van der Waals surface area contributed by atoms with E-state index in [0.29, 0.717) is 0 Å². The lowest BCUT2D eigenvalue weighted by molar-refractivity contribution is -0.137. The van der Waals surface area contributed by atoms with Crippen LogP contribution in [0, 0.1) is 0 Å². The van der Waals surface area contributed by atoms with Gasteiger partial charge in [-0.2, -0.15) is 4.31 Å². The van der Waals surface area contributed by atoms with Crippen LogP contribution >= 0.6 is 0 Å². The summed E-state index contributed by atoms with van der Waals surface area (Å²) in [5, 5.41) is 7.88. The van der Waals surface area contributed by atoms with Gasteiger partial charge in [0.05, 0.1) is 16.8 Å². The maximum absolute atomic E-state index is 12.2. The van der Waals surface area contributed by atoms with Gasteiger partial charge in [-0.05, 0) is 12.8 Å². The fourth-order valence-electron chi connectivity index (χ4n) is 1.93. The SMILES string of the molecule is C=CCN(CC(=O)O)S(=O)(=O)C1CCS(=O)(=O)CC1. The summed E-state index contributed by atoms with van der Waals surface area (Å²) in [6, 6.07) is 0. The van der Waals surface area contributed by atoms with Crippen molar-refractivity contribution < 1.29 is 26.7 Å². The predicted molar refractivity (Wildman–Crippen MR) is 70.0 cm³/mol. The van der Waals surface area contributed by atoms with Crippen LogP contribution in [0.1, 0.15) is 12.8 Å². The van der Waals surface area contributed by atoms with Crippen molar-refractivity contribution >= 4 is 25.8 Å². The highest BCUT2D eigenvalue weighted by Crippen LogP contribution is 2.22. The molecule has 1 rings (SSSR count). The van der Waals surface area contributed by atoms with Gasteiger partial charge < -0.3 is 5.11 Å². The molecular weight excluding hydrogens is 294 g/mol. The molecule has 0 bridgehead atoms. The molecule has 9 heteroatoms. The quantitative estimate of drug-likeness (QED) is 0.660. The first-order valence-corrected chi connectivity index (χ1v) is 9.03. The van der Waals surface area contributed by atoms with E-state index in [0.717, 1.165) is 4.31 Å². The third kappa shape index (κ3) is 4.29. The van der Waals surface area contributed by atoms with Crippen LogP contribution < -0.4 is 0 Å². The van der Waals surface area contributed by atoms with E-state index in [1.54, 1.807) is 0 Å². The number of carboxylic acid groups (broad SMARTS) is 1.